The van der Waals surface area contributed by atoms with Gasteiger partial charge in [-0.25, -0.2) is 4.79 Å². The molecule has 1 amide bonds. The molecular weight excluding hydrogens is 130 g/mol. The Kier molecular flexibility index (Phi) is 1.13. The normalized spacial score (nSPS) is 42.6. The standard InChI is InChI=1S/C7H11NO2/c8-7(9)10-6-2-4-1-5(4)3-6/h4-6H,1-3H2,(H2,8,9)/t4-,5?,6?/m1/s1. The van der Waals surface area contributed by atoms with Gasteiger partial charge in [0.25, 0.3) is 0 Å². The molecule has 0 bridgehead atoms. The van der Waals surface area contributed by atoms with Crippen molar-refractivity contribution in [3.8, 4) is 0 Å². The molecule has 0 aliphatic heterocycles. The van der Waals surface area contributed by atoms with Gasteiger partial charge in [-0.3, -0.25) is 0 Å². The van der Waals surface area contributed by atoms with E-state index in [4.69, 9.17) is 10.5 Å². The minimum atomic E-state index is -0.619. The van der Waals surface area contributed by atoms with Gasteiger partial charge in [0.1, 0.15) is 6.10 Å². The molecule has 2 aliphatic carbocycles. The van der Waals surface area contributed by atoms with Crippen molar-refractivity contribution in [1.29, 1.82) is 0 Å². The van der Waals surface area contributed by atoms with Gasteiger partial charge >= 0.3 is 6.09 Å². The third kappa shape index (κ3) is 0.958. The molecule has 2 aliphatic rings. The summed E-state index contributed by atoms with van der Waals surface area (Å²) in [5.74, 6) is 1.70. The predicted octanol–water partition coefficient (Wildman–Crippen LogP) is 0.880. The summed E-state index contributed by atoms with van der Waals surface area (Å²) in [5, 5.41) is 0. The Balaban J connectivity index is 1.80. The molecule has 0 saturated heterocycles. The van der Waals surface area contributed by atoms with E-state index in [0.29, 0.717) is 0 Å². The molecule has 0 heterocycles. The largest absolute Gasteiger partial charge is 0.446 e. The average molecular weight is 141 g/mol. The topological polar surface area (TPSA) is 52.3 Å². The van der Waals surface area contributed by atoms with E-state index in [1.54, 1.807) is 0 Å². The molecule has 3 atom stereocenters. The molecule has 2 saturated carbocycles. The van der Waals surface area contributed by atoms with Crippen molar-refractivity contribution in [2.24, 2.45) is 17.6 Å². The zero-order valence-corrected chi connectivity index (χ0v) is 5.75. The van der Waals surface area contributed by atoms with Gasteiger partial charge in [0, 0.05) is 0 Å². The highest BCUT2D eigenvalue weighted by atomic mass is 16.6. The Bertz CT molecular complexity index is 159. The average Bonchev–Trinajstić information content (AvgIpc) is 2.39. The van der Waals surface area contributed by atoms with Gasteiger partial charge < -0.3 is 10.5 Å². The van der Waals surface area contributed by atoms with Crippen LogP contribution in [0.3, 0.4) is 0 Å². The van der Waals surface area contributed by atoms with E-state index < -0.39 is 6.09 Å². The molecule has 0 aromatic rings. The fraction of sp³-hybridized carbons (Fsp3) is 0.857. The van der Waals surface area contributed by atoms with E-state index in [9.17, 15) is 4.79 Å². The smallest absolute Gasteiger partial charge is 0.404 e. The summed E-state index contributed by atoms with van der Waals surface area (Å²) in [4.78, 5) is 10.3. The van der Waals surface area contributed by atoms with Crippen LogP contribution in [0.2, 0.25) is 0 Å². The van der Waals surface area contributed by atoms with Crippen LogP contribution in [-0.4, -0.2) is 12.2 Å². The van der Waals surface area contributed by atoms with Gasteiger partial charge in [-0.05, 0) is 31.1 Å². The maximum Gasteiger partial charge on any atom is 0.404 e. The van der Waals surface area contributed by atoms with Crippen LogP contribution in [0.1, 0.15) is 19.3 Å². The second kappa shape index (κ2) is 1.87. The van der Waals surface area contributed by atoms with Gasteiger partial charge in [-0.1, -0.05) is 0 Å². The Hall–Kier alpha value is -0.730. The first kappa shape index (κ1) is 6.01. The quantitative estimate of drug-likeness (QED) is 0.589. The maximum atomic E-state index is 10.3. The molecule has 3 nitrogen and oxygen atoms in total. The van der Waals surface area contributed by atoms with E-state index in [-0.39, 0.29) is 6.10 Å². The number of rotatable bonds is 1. The van der Waals surface area contributed by atoms with Crippen molar-refractivity contribution >= 4 is 6.09 Å². The molecule has 0 aromatic carbocycles. The first-order chi connectivity index (χ1) is 4.75. The molecule has 0 aromatic heterocycles. The van der Waals surface area contributed by atoms with Crippen LogP contribution in [-0.2, 0) is 4.74 Å². The summed E-state index contributed by atoms with van der Waals surface area (Å²) >= 11 is 0. The molecule has 0 spiro atoms. The summed E-state index contributed by atoms with van der Waals surface area (Å²) in [5.41, 5.74) is 4.87. The van der Waals surface area contributed by atoms with E-state index in [1.807, 2.05) is 0 Å². The lowest BCUT2D eigenvalue weighted by Gasteiger charge is -2.09. The molecule has 10 heavy (non-hydrogen) atoms. The van der Waals surface area contributed by atoms with Crippen LogP contribution in [0.25, 0.3) is 0 Å². The van der Waals surface area contributed by atoms with E-state index >= 15 is 0 Å². The number of carbonyl (C=O) groups is 1. The summed E-state index contributed by atoms with van der Waals surface area (Å²) in [6.45, 7) is 0. The first-order valence-corrected chi connectivity index (χ1v) is 3.72. The number of hydrogen-bond donors (Lipinski definition) is 1. The highest BCUT2D eigenvalue weighted by Gasteiger charge is 2.47. The van der Waals surface area contributed by atoms with Gasteiger partial charge in [0.15, 0.2) is 0 Å². The number of fused-ring (bicyclic) bond motifs is 1. The van der Waals surface area contributed by atoms with Gasteiger partial charge in [-0.15, -0.1) is 0 Å². The molecule has 2 fully saturated rings. The SMILES string of the molecule is NC(=O)OC1CC2C[C@@H]2C1. The zero-order chi connectivity index (χ0) is 7.14. The summed E-state index contributed by atoms with van der Waals surface area (Å²) in [6, 6.07) is 0. The molecule has 2 N–H and O–H groups in total. The highest BCUT2D eigenvalue weighted by Crippen LogP contribution is 2.52. The first-order valence-electron chi connectivity index (χ1n) is 3.72. The Labute approximate surface area is 59.5 Å². The van der Waals surface area contributed by atoms with Gasteiger partial charge in [0.2, 0.25) is 0 Å². The van der Waals surface area contributed by atoms with Crippen molar-refractivity contribution in [3.63, 3.8) is 0 Å². The molecule has 2 unspecified atom stereocenters. The number of primary amides is 1. The van der Waals surface area contributed by atoms with Crippen LogP contribution in [0.4, 0.5) is 4.79 Å². The highest BCUT2D eigenvalue weighted by molar-refractivity contribution is 5.64. The van der Waals surface area contributed by atoms with Crippen LogP contribution in [0, 0.1) is 11.8 Å². The number of ether oxygens (including phenoxy) is 1. The monoisotopic (exact) mass is 141 g/mol. The lowest BCUT2D eigenvalue weighted by molar-refractivity contribution is 0.103. The third-order valence-electron chi connectivity index (χ3n) is 2.48. The van der Waals surface area contributed by atoms with Crippen molar-refractivity contribution in [2.75, 3.05) is 0 Å². The second-order valence-electron chi connectivity index (χ2n) is 3.29. The Morgan fingerprint density at radius 1 is 1.30 bits per heavy atom. The van der Waals surface area contributed by atoms with E-state index in [1.165, 1.54) is 6.42 Å². The van der Waals surface area contributed by atoms with Crippen molar-refractivity contribution in [2.45, 2.75) is 25.4 Å². The fourth-order valence-electron chi connectivity index (χ4n) is 1.92. The predicted molar refractivity (Wildman–Crippen MR) is 35.3 cm³/mol. The summed E-state index contributed by atoms with van der Waals surface area (Å²) in [6.07, 6.45) is 2.97. The van der Waals surface area contributed by atoms with Gasteiger partial charge in [-0.2, -0.15) is 0 Å². The Morgan fingerprint density at radius 2 is 1.90 bits per heavy atom. The summed E-state index contributed by atoms with van der Waals surface area (Å²) in [7, 11) is 0. The molecule has 2 rings (SSSR count). The van der Waals surface area contributed by atoms with Crippen LogP contribution < -0.4 is 5.73 Å². The number of carbonyl (C=O) groups excluding carboxylic acids is 1. The van der Waals surface area contributed by atoms with Crippen LogP contribution in [0.5, 0.6) is 0 Å². The summed E-state index contributed by atoms with van der Waals surface area (Å²) < 4.78 is 4.85. The maximum absolute atomic E-state index is 10.3. The number of amides is 1. The lowest BCUT2D eigenvalue weighted by Crippen LogP contribution is -2.21. The number of nitrogens with two attached hydrogens (primary N) is 1. The minimum absolute atomic E-state index is 0.140. The fourth-order valence-corrected chi connectivity index (χ4v) is 1.92. The van der Waals surface area contributed by atoms with E-state index in [2.05, 4.69) is 0 Å². The molecular formula is C7H11NO2. The molecule has 56 valence electrons. The third-order valence-corrected chi connectivity index (χ3v) is 2.48. The molecule has 3 heteroatoms. The number of hydrogen-bond acceptors (Lipinski definition) is 2. The van der Waals surface area contributed by atoms with Crippen LogP contribution in [0.15, 0.2) is 0 Å². The van der Waals surface area contributed by atoms with Crippen molar-refractivity contribution in [3.05, 3.63) is 0 Å². The second-order valence-corrected chi connectivity index (χ2v) is 3.29. The molecule has 0 radical (unpaired) electrons. The zero-order valence-electron chi connectivity index (χ0n) is 5.75. The van der Waals surface area contributed by atoms with Crippen molar-refractivity contribution < 1.29 is 9.53 Å². The minimum Gasteiger partial charge on any atom is -0.446 e. The van der Waals surface area contributed by atoms with Crippen molar-refractivity contribution in [1.82, 2.24) is 0 Å². The lowest BCUT2D eigenvalue weighted by atomic mass is 10.2. The van der Waals surface area contributed by atoms with Crippen LogP contribution >= 0.6 is 0 Å². The van der Waals surface area contributed by atoms with E-state index in [0.717, 1.165) is 24.7 Å². The van der Waals surface area contributed by atoms with Gasteiger partial charge in [0.05, 0.1) is 0 Å². The Morgan fingerprint density at radius 3 is 2.40 bits per heavy atom.